The Hall–Kier alpha value is -3.61. The molecule has 0 aliphatic heterocycles. The van der Waals surface area contributed by atoms with Crippen molar-refractivity contribution in [3.8, 4) is 11.1 Å². The standard InChI is InChI=1S/C20H18N2O5/c1-12(18(23)26-2)21-20(25)22-15-8-5-7-13(10-15)16-11-14-6-3-4-9-17(14)27-19(16)24/h3-12H,1-2H3,(H2,21,22,25). The monoisotopic (exact) mass is 366 g/mol. The lowest BCUT2D eigenvalue weighted by Crippen LogP contribution is -2.41. The van der Waals surface area contributed by atoms with Gasteiger partial charge in [-0.15, -0.1) is 0 Å². The molecule has 2 amide bonds. The number of ether oxygens (including phenoxy) is 1. The predicted molar refractivity (Wildman–Crippen MR) is 102 cm³/mol. The van der Waals surface area contributed by atoms with Gasteiger partial charge in [0.25, 0.3) is 0 Å². The van der Waals surface area contributed by atoms with Crippen LogP contribution in [-0.2, 0) is 9.53 Å². The number of fused-ring (bicyclic) bond motifs is 1. The zero-order valence-electron chi connectivity index (χ0n) is 14.8. The first-order valence-corrected chi connectivity index (χ1v) is 8.26. The average molecular weight is 366 g/mol. The van der Waals surface area contributed by atoms with Crippen LogP contribution < -0.4 is 16.3 Å². The molecule has 0 fully saturated rings. The fraction of sp³-hybridized carbons (Fsp3) is 0.150. The molecule has 0 aliphatic carbocycles. The van der Waals surface area contributed by atoms with Crippen LogP contribution in [0.15, 0.2) is 63.8 Å². The van der Waals surface area contributed by atoms with Gasteiger partial charge in [-0.2, -0.15) is 0 Å². The molecule has 0 saturated heterocycles. The molecule has 7 heteroatoms. The second kappa shape index (κ2) is 7.74. The summed E-state index contributed by atoms with van der Waals surface area (Å²) in [5.41, 5.74) is 1.51. The van der Waals surface area contributed by atoms with Crippen molar-refractivity contribution in [2.75, 3.05) is 12.4 Å². The van der Waals surface area contributed by atoms with Gasteiger partial charge in [0.2, 0.25) is 0 Å². The van der Waals surface area contributed by atoms with Gasteiger partial charge in [-0.1, -0.05) is 30.3 Å². The predicted octanol–water partition coefficient (Wildman–Crippen LogP) is 3.14. The van der Waals surface area contributed by atoms with E-state index in [1.54, 1.807) is 42.5 Å². The second-order valence-corrected chi connectivity index (χ2v) is 5.91. The van der Waals surface area contributed by atoms with Crippen molar-refractivity contribution in [2.45, 2.75) is 13.0 Å². The van der Waals surface area contributed by atoms with Crippen LogP contribution in [0, 0.1) is 0 Å². The molecule has 1 unspecified atom stereocenters. The minimum atomic E-state index is -0.786. The number of nitrogens with one attached hydrogen (secondary N) is 2. The molecule has 0 spiro atoms. The van der Waals surface area contributed by atoms with Gasteiger partial charge in [-0.3, -0.25) is 0 Å². The normalized spacial score (nSPS) is 11.6. The number of hydrogen-bond acceptors (Lipinski definition) is 5. The van der Waals surface area contributed by atoms with E-state index in [0.29, 0.717) is 22.4 Å². The highest BCUT2D eigenvalue weighted by atomic mass is 16.5. The molecule has 0 bridgehead atoms. The molecule has 7 nitrogen and oxygen atoms in total. The van der Waals surface area contributed by atoms with E-state index >= 15 is 0 Å². The number of benzene rings is 2. The molecule has 3 aromatic rings. The lowest BCUT2D eigenvalue weighted by molar-refractivity contribution is -0.142. The summed E-state index contributed by atoms with van der Waals surface area (Å²) in [7, 11) is 1.25. The van der Waals surface area contributed by atoms with Gasteiger partial charge in [0.1, 0.15) is 11.6 Å². The maximum absolute atomic E-state index is 12.3. The Kier molecular flexibility index (Phi) is 5.21. The number of carbonyl (C=O) groups is 2. The van der Waals surface area contributed by atoms with Crippen LogP contribution in [0.2, 0.25) is 0 Å². The molecule has 0 radical (unpaired) electrons. The zero-order chi connectivity index (χ0) is 19.4. The SMILES string of the molecule is COC(=O)C(C)NC(=O)Nc1cccc(-c2cc3ccccc3oc2=O)c1. The second-order valence-electron chi connectivity index (χ2n) is 5.91. The number of rotatable bonds is 4. The number of urea groups is 1. The summed E-state index contributed by atoms with van der Waals surface area (Å²) in [5.74, 6) is -0.548. The summed E-state index contributed by atoms with van der Waals surface area (Å²) < 4.78 is 9.91. The van der Waals surface area contributed by atoms with Crippen molar-refractivity contribution in [2.24, 2.45) is 0 Å². The third kappa shape index (κ3) is 4.14. The molecule has 3 rings (SSSR count). The van der Waals surface area contributed by atoms with E-state index in [1.807, 2.05) is 12.1 Å². The minimum absolute atomic E-state index is 0.390. The van der Waals surface area contributed by atoms with E-state index < -0.39 is 23.7 Å². The van der Waals surface area contributed by atoms with Gasteiger partial charge in [-0.05, 0) is 36.8 Å². The molecule has 1 heterocycles. The summed E-state index contributed by atoms with van der Waals surface area (Å²) >= 11 is 0. The molecule has 138 valence electrons. The Balaban J connectivity index is 1.84. The van der Waals surface area contributed by atoms with Crippen LogP contribution in [0.4, 0.5) is 10.5 Å². The van der Waals surface area contributed by atoms with Crippen LogP contribution in [0.25, 0.3) is 22.1 Å². The van der Waals surface area contributed by atoms with Crippen molar-refractivity contribution in [1.82, 2.24) is 5.32 Å². The largest absolute Gasteiger partial charge is 0.467 e. The van der Waals surface area contributed by atoms with Crippen molar-refractivity contribution in [1.29, 1.82) is 0 Å². The summed E-state index contributed by atoms with van der Waals surface area (Å²) in [5, 5.41) is 5.90. The highest BCUT2D eigenvalue weighted by Gasteiger charge is 2.16. The Morgan fingerprint density at radius 3 is 2.63 bits per heavy atom. The van der Waals surface area contributed by atoms with Gasteiger partial charge < -0.3 is 19.8 Å². The van der Waals surface area contributed by atoms with E-state index in [-0.39, 0.29) is 0 Å². The molecular weight excluding hydrogens is 348 g/mol. The number of hydrogen-bond donors (Lipinski definition) is 2. The number of carbonyl (C=O) groups excluding carboxylic acids is 2. The van der Waals surface area contributed by atoms with E-state index in [0.717, 1.165) is 5.39 Å². The van der Waals surface area contributed by atoms with Gasteiger partial charge in [0.15, 0.2) is 0 Å². The molecule has 0 aliphatic rings. The molecule has 0 saturated carbocycles. The zero-order valence-corrected chi connectivity index (χ0v) is 14.8. The number of amides is 2. The summed E-state index contributed by atoms with van der Waals surface area (Å²) in [6.45, 7) is 1.52. The Labute approximate surface area is 154 Å². The first-order valence-electron chi connectivity index (χ1n) is 8.26. The van der Waals surface area contributed by atoms with Crippen molar-refractivity contribution >= 4 is 28.7 Å². The molecule has 2 N–H and O–H groups in total. The van der Waals surface area contributed by atoms with Gasteiger partial charge in [0.05, 0.1) is 12.7 Å². The Morgan fingerprint density at radius 1 is 1.07 bits per heavy atom. The summed E-state index contributed by atoms with van der Waals surface area (Å²) in [6, 6.07) is 14.4. The molecule has 1 aromatic heterocycles. The first kappa shape index (κ1) is 18.2. The van der Waals surface area contributed by atoms with Crippen LogP contribution in [0.3, 0.4) is 0 Å². The van der Waals surface area contributed by atoms with Gasteiger partial charge in [-0.25, -0.2) is 14.4 Å². The highest BCUT2D eigenvalue weighted by Crippen LogP contribution is 2.23. The third-order valence-corrected chi connectivity index (χ3v) is 3.98. The fourth-order valence-corrected chi connectivity index (χ4v) is 2.63. The maximum Gasteiger partial charge on any atom is 0.344 e. The quantitative estimate of drug-likeness (QED) is 0.546. The van der Waals surface area contributed by atoms with Crippen LogP contribution in [0.5, 0.6) is 0 Å². The molecule has 1 atom stereocenters. The lowest BCUT2D eigenvalue weighted by Gasteiger charge is -2.13. The highest BCUT2D eigenvalue weighted by molar-refractivity contribution is 5.93. The summed E-state index contributed by atoms with van der Waals surface area (Å²) in [6.07, 6.45) is 0. The van der Waals surface area contributed by atoms with Crippen molar-refractivity contribution in [3.05, 3.63) is 65.0 Å². The summed E-state index contributed by atoms with van der Waals surface area (Å²) in [4.78, 5) is 35.7. The van der Waals surface area contributed by atoms with E-state index in [9.17, 15) is 14.4 Å². The smallest absolute Gasteiger partial charge is 0.344 e. The van der Waals surface area contributed by atoms with E-state index in [2.05, 4.69) is 15.4 Å². The topological polar surface area (TPSA) is 97.6 Å². The van der Waals surface area contributed by atoms with E-state index in [1.165, 1.54) is 14.0 Å². The van der Waals surface area contributed by atoms with Crippen molar-refractivity contribution < 1.29 is 18.7 Å². The Morgan fingerprint density at radius 2 is 1.85 bits per heavy atom. The van der Waals surface area contributed by atoms with Gasteiger partial charge in [0, 0.05) is 11.1 Å². The average Bonchev–Trinajstić information content (AvgIpc) is 2.66. The van der Waals surface area contributed by atoms with Crippen LogP contribution >= 0.6 is 0 Å². The molecule has 2 aromatic carbocycles. The number of esters is 1. The number of para-hydroxylation sites is 1. The third-order valence-electron chi connectivity index (χ3n) is 3.98. The van der Waals surface area contributed by atoms with E-state index in [4.69, 9.17) is 4.42 Å². The first-order chi connectivity index (χ1) is 13.0. The fourth-order valence-electron chi connectivity index (χ4n) is 2.63. The lowest BCUT2D eigenvalue weighted by atomic mass is 10.1. The maximum atomic E-state index is 12.3. The minimum Gasteiger partial charge on any atom is -0.467 e. The van der Waals surface area contributed by atoms with Gasteiger partial charge >= 0.3 is 17.6 Å². The van der Waals surface area contributed by atoms with Crippen LogP contribution in [0.1, 0.15) is 6.92 Å². The number of methoxy groups -OCH3 is 1. The van der Waals surface area contributed by atoms with Crippen LogP contribution in [-0.4, -0.2) is 25.2 Å². The molecular formula is C20H18N2O5. The Bertz CT molecular complexity index is 1060. The molecule has 27 heavy (non-hydrogen) atoms. The number of anilines is 1. The van der Waals surface area contributed by atoms with Crippen molar-refractivity contribution in [3.63, 3.8) is 0 Å².